The van der Waals surface area contributed by atoms with Crippen molar-refractivity contribution in [2.75, 3.05) is 6.54 Å². The highest BCUT2D eigenvalue weighted by atomic mass is 16.1. The van der Waals surface area contributed by atoms with E-state index in [0.29, 0.717) is 24.7 Å². The van der Waals surface area contributed by atoms with Crippen molar-refractivity contribution in [3.63, 3.8) is 0 Å². The summed E-state index contributed by atoms with van der Waals surface area (Å²) in [6.45, 7) is 5.45. The number of nitrogens with one attached hydrogen (secondary N) is 2. The van der Waals surface area contributed by atoms with Gasteiger partial charge in [0.1, 0.15) is 0 Å². The number of carbonyl (C=O) groups is 1. The van der Waals surface area contributed by atoms with Crippen molar-refractivity contribution in [2.45, 2.75) is 39.7 Å². The first kappa shape index (κ1) is 13.9. The highest BCUT2D eigenvalue weighted by molar-refractivity contribution is 5.94. The first-order valence-corrected chi connectivity index (χ1v) is 7.48. The van der Waals surface area contributed by atoms with E-state index in [4.69, 9.17) is 0 Å². The molecule has 2 heterocycles. The van der Waals surface area contributed by atoms with E-state index in [1.807, 2.05) is 17.7 Å². The maximum Gasteiger partial charge on any atom is 0.272 e. The first-order valence-electron chi connectivity index (χ1n) is 7.48. The topological polar surface area (TPSA) is 75.6 Å². The molecule has 0 saturated heterocycles. The molecule has 1 amide bonds. The third kappa shape index (κ3) is 2.84. The van der Waals surface area contributed by atoms with Gasteiger partial charge in [-0.15, -0.1) is 0 Å². The summed E-state index contributed by atoms with van der Waals surface area (Å²) in [5.41, 5.74) is 3.88. The second-order valence-electron chi connectivity index (χ2n) is 5.83. The van der Waals surface area contributed by atoms with Crippen LogP contribution in [0, 0.1) is 12.8 Å². The van der Waals surface area contributed by atoms with Crippen LogP contribution >= 0.6 is 0 Å². The summed E-state index contributed by atoms with van der Waals surface area (Å²) in [5.74, 6) is 0.528. The molecule has 0 saturated carbocycles. The summed E-state index contributed by atoms with van der Waals surface area (Å²) >= 11 is 0. The Morgan fingerprint density at radius 1 is 1.57 bits per heavy atom. The molecule has 112 valence electrons. The maximum absolute atomic E-state index is 12.3. The molecule has 0 radical (unpaired) electrons. The van der Waals surface area contributed by atoms with Crippen LogP contribution in [0.4, 0.5) is 0 Å². The number of rotatable bonds is 4. The number of H-pyrrole nitrogens is 1. The zero-order valence-corrected chi connectivity index (χ0v) is 12.5. The third-order valence-electron chi connectivity index (χ3n) is 4.15. The standard InChI is InChI=1S/C15H21N5O/c1-10-3-4-13-12(9-10)14(19-18-13)15(21)16-7-8-20-11(2)5-6-17-20/h5-6,10H,3-4,7-9H2,1-2H3,(H,16,21)(H,18,19). The fraction of sp³-hybridized carbons (Fsp3) is 0.533. The first-order chi connectivity index (χ1) is 10.1. The summed E-state index contributed by atoms with van der Waals surface area (Å²) in [7, 11) is 0. The van der Waals surface area contributed by atoms with Crippen molar-refractivity contribution in [1.82, 2.24) is 25.3 Å². The molecule has 2 aromatic rings. The molecular weight excluding hydrogens is 266 g/mol. The largest absolute Gasteiger partial charge is 0.349 e. The van der Waals surface area contributed by atoms with Crippen LogP contribution in [0.15, 0.2) is 12.3 Å². The molecule has 1 atom stereocenters. The van der Waals surface area contributed by atoms with Crippen LogP contribution in [0.5, 0.6) is 0 Å². The molecule has 0 aromatic carbocycles. The molecule has 0 bridgehead atoms. The zero-order valence-electron chi connectivity index (χ0n) is 12.5. The second kappa shape index (κ2) is 5.71. The van der Waals surface area contributed by atoms with E-state index in [1.54, 1.807) is 6.20 Å². The predicted octanol–water partition coefficient (Wildman–Crippen LogP) is 1.47. The highest BCUT2D eigenvalue weighted by Crippen LogP contribution is 2.25. The van der Waals surface area contributed by atoms with Gasteiger partial charge in [0.2, 0.25) is 0 Å². The van der Waals surface area contributed by atoms with Crippen molar-refractivity contribution < 1.29 is 4.79 Å². The van der Waals surface area contributed by atoms with Gasteiger partial charge in [-0.25, -0.2) is 0 Å². The Kier molecular flexibility index (Phi) is 3.77. The molecule has 2 N–H and O–H groups in total. The number of amides is 1. The number of aromatic nitrogens is 4. The van der Waals surface area contributed by atoms with E-state index in [0.717, 1.165) is 36.2 Å². The van der Waals surface area contributed by atoms with E-state index >= 15 is 0 Å². The average molecular weight is 287 g/mol. The lowest BCUT2D eigenvalue weighted by molar-refractivity contribution is 0.0945. The van der Waals surface area contributed by atoms with Gasteiger partial charge in [-0.1, -0.05) is 6.92 Å². The van der Waals surface area contributed by atoms with E-state index in [2.05, 4.69) is 27.5 Å². The average Bonchev–Trinajstić information content (AvgIpc) is 3.05. The number of fused-ring (bicyclic) bond motifs is 1. The number of carbonyl (C=O) groups excluding carboxylic acids is 1. The van der Waals surface area contributed by atoms with Crippen molar-refractivity contribution in [2.24, 2.45) is 5.92 Å². The van der Waals surface area contributed by atoms with Crippen LogP contribution in [0.1, 0.15) is 40.8 Å². The van der Waals surface area contributed by atoms with E-state index in [9.17, 15) is 4.79 Å². The van der Waals surface area contributed by atoms with Crippen LogP contribution < -0.4 is 5.32 Å². The lowest BCUT2D eigenvalue weighted by Gasteiger charge is -2.18. The highest BCUT2D eigenvalue weighted by Gasteiger charge is 2.24. The lowest BCUT2D eigenvalue weighted by atomic mass is 9.88. The minimum Gasteiger partial charge on any atom is -0.349 e. The van der Waals surface area contributed by atoms with Crippen molar-refractivity contribution >= 4 is 5.91 Å². The van der Waals surface area contributed by atoms with Gasteiger partial charge < -0.3 is 5.32 Å². The second-order valence-corrected chi connectivity index (χ2v) is 5.83. The molecule has 1 aliphatic rings. The van der Waals surface area contributed by atoms with Gasteiger partial charge in [-0.05, 0) is 38.2 Å². The van der Waals surface area contributed by atoms with Gasteiger partial charge in [0.05, 0.1) is 6.54 Å². The molecule has 1 aliphatic carbocycles. The van der Waals surface area contributed by atoms with Gasteiger partial charge in [0.25, 0.3) is 5.91 Å². The molecule has 0 aliphatic heterocycles. The summed E-state index contributed by atoms with van der Waals surface area (Å²) in [4.78, 5) is 12.3. The van der Waals surface area contributed by atoms with Crippen LogP contribution in [-0.4, -0.2) is 32.4 Å². The van der Waals surface area contributed by atoms with Gasteiger partial charge >= 0.3 is 0 Å². The summed E-state index contributed by atoms with van der Waals surface area (Å²) < 4.78 is 1.88. The van der Waals surface area contributed by atoms with Crippen LogP contribution in [0.3, 0.4) is 0 Å². The minimum atomic E-state index is -0.0913. The summed E-state index contributed by atoms with van der Waals surface area (Å²) in [5, 5.41) is 14.4. The molecule has 21 heavy (non-hydrogen) atoms. The predicted molar refractivity (Wildman–Crippen MR) is 79.1 cm³/mol. The monoisotopic (exact) mass is 287 g/mol. The molecule has 0 fully saturated rings. The molecule has 0 spiro atoms. The van der Waals surface area contributed by atoms with Gasteiger partial charge in [0, 0.05) is 29.7 Å². The van der Waals surface area contributed by atoms with Gasteiger partial charge in [-0.3, -0.25) is 14.6 Å². The Morgan fingerprint density at radius 3 is 3.19 bits per heavy atom. The van der Waals surface area contributed by atoms with E-state index < -0.39 is 0 Å². The molecule has 6 nitrogen and oxygen atoms in total. The normalized spacial score (nSPS) is 17.5. The summed E-state index contributed by atoms with van der Waals surface area (Å²) in [6, 6.07) is 1.95. The fourth-order valence-corrected chi connectivity index (χ4v) is 2.85. The SMILES string of the molecule is Cc1ccnn1CCNC(=O)c1n[nH]c2c1CC(C)CC2. The van der Waals surface area contributed by atoms with Crippen molar-refractivity contribution in [3.05, 3.63) is 34.9 Å². The number of nitrogens with zero attached hydrogens (tertiary/aromatic N) is 3. The fourth-order valence-electron chi connectivity index (χ4n) is 2.85. The Hall–Kier alpha value is -2.11. The Bertz CT molecular complexity index is 642. The molecule has 6 heteroatoms. The van der Waals surface area contributed by atoms with Crippen LogP contribution in [-0.2, 0) is 19.4 Å². The smallest absolute Gasteiger partial charge is 0.272 e. The lowest BCUT2D eigenvalue weighted by Crippen LogP contribution is -2.29. The molecule has 3 rings (SSSR count). The Labute approximate surface area is 123 Å². The Morgan fingerprint density at radius 2 is 2.43 bits per heavy atom. The van der Waals surface area contributed by atoms with Gasteiger partial charge in [-0.2, -0.15) is 10.2 Å². The molecule has 1 unspecified atom stereocenters. The van der Waals surface area contributed by atoms with E-state index in [-0.39, 0.29) is 5.91 Å². The van der Waals surface area contributed by atoms with Crippen molar-refractivity contribution in [3.8, 4) is 0 Å². The van der Waals surface area contributed by atoms with E-state index in [1.165, 1.54) is 0 Å². The van der Waals surface area contributed by atoms with Gasteiger partial charge in [0.15, 0.2) is 5.69 Å². The molecular formula is C15H21N5O. The number of hydrogen-bond acceptors (Lipinski definition) is 3. The maximum atomic E-state index is 12.3. The third-order valence-corrected chi connectivity index (χ3v) is 4.15. The molecule has 2 aromatic heterocycles. The number of aryl methyl sites for hydroxylation is 2. The summed E-state index contributed by atoms with van der Waals surface area (Å²) in [6.07, 6.45) is 4.85. The van der Waals surface area contributed by atoms with Crippen LogP contribution in [0.25, 0.3) is 0 Å². The van der Waals surface area contributed by atoms with Crippen LogP contribution in [0.2, 0.25) is 0 Å². The number of hydrogen-bond donors (Lipinski definition) is 2. The number of aromatic amines is 1. The Balaban J connectivity index is 1.61. The zero-order chi connectivity index (χ0) is 14.8. The quantitative estimate of drug-likeness (QED) is 0.894. The van der Waals surface area contributed by atoms with Crippen molar-refractivity contribution in [1.29, 1.82) is 0 Å². The minimum absolute atomic E-state index is 0.0913.